The van der Waals surface area contributed by atoms with Gasteiger partial charge in [0, 0.05) is 12.3 Å². The summed E-state index contributed by atoms with van der Waals surface area (Å²) in [6.45, 7) is 14.1. The number of hydroxylamine groups is 1. The Morgan fingerprint density at radius 2 is 1.82 bits per heavy atom. The first-order valence-corrected chi connectivity index (χ1v) is 21.4. The molecule has 6 rings (SSSR count). The third kappa shape index (κ3) is 9.80. The predicted octanol–water partition coefficient (Wildman–Crippen LogP) is 5.45. The number of fused-ring (bicyclic) bond motifs is 1. The van der Waals surface area contributed by atoms with Crippen molar-refractivity contribution in [2.24, 2.45) is 11.3 Å². The molecule has 3 fully saturated rings. The van der Waals surface area contributed by atoms with Crippen molar-refractivity contribution in [2.45, 2.75) is 108 Å². The average Bonchev–Trinajstić information content (AvgIpc) is 4.02. The number of aromatic nitrogens is 2. The maximum atomic E-state index is 14.6. The monoisotopic (exact) mass is 792 g/mol. The third-order valence-electron chi connectivity index (χ3n) is 10.1. The number of nitrogens with zero attached hydrogens (tertiary/aromatic N) is 3. The van der Waals surface area contributed by atoms with Gasteiger partial charge in [0.05, 0.1) is 34.3 Å². The summed E-state index contributed by atoms with van der Waals surface area (Å²) in [5.74, 6) is -1.95. The number of unbranched alkanes of at least 4 members (excludes halogenated alkanes) is 3. The summed E-state index contributed by atoms with van der Waals surface area (Å²) in [6, 6.07) is 9.49. The average molecular weight is 793 g/mol. The van der Waals surface area contributed by atoms with E-state index < -0.39 is 56.7 Å². The van der Waals surface area contributed by atoms with Crippen LogP contribution in [0.25, 0.3) is 21.6 Å². The minimum absolute atomic E-state index is 0.0450. The van der Waals surface area contributed by atoms with Gasteiger partial charge < -0.3 is 19.8 Å². The third-order valence-corrected chi connectivity index (χ3v) is 12.8. The normalized spacial score (nSPS) is 22.9. The first-order valence-electron chi connectivity index (χ1n) is 19.0. The zero-order valence-corrected chi connectivity index (χ0v) is 33.4. The maximum absolute atomic E-state index is 14.6. The van der Waals surface area contributed by atoms with Crippen molar-refractivity contribution in [3.05, 3.63) is 67.1 Å². The first kappa shape index (κ1) is 40.5. The highest BCUT2D eigenvalue weighted by Gasteiger charge is 2.62. The Bertz CT molecular complexity index is 2000. The highest BCUT2D eigenvalue weighted by Crippen LogP contribution is 2.45. The van der Waals surface area contributed by atoms with Gasteiger partial charge in [-0.15, -0.1) is 24.5 Å². The molecule has 3 aliphatic rings. The lowest BCUT2D eigenvalue weighted by molar-refractivity contribution is -0.145. The zero-order chi connectivity index (χ0) is 39.4. The van der Waals surface area contributed by atoms with E-state index in [-0.39, 0.29) is 36.6 Å². The van der Waals surface area contributed by atoms with Crippen LogP contribution in [0, 0.1) is 11.3 Å². The molecular formula is C40H52N6O7S2. The number of allylic oxidation sites excluding steroid dienone is 1. The number of sulfonamides is 1. The number of ether oxygens (including phenoxy) is 1. The van der Waals surface area contributed by atoms with Crippen molar-refractivity contribution in [3.63, 3.8) is 0 Å². The van der Waals surface area contributed by atoms with Gasteiger partial charge in [-0.1, -0.05) is 64.0 Å². The Balaban J connectivity index is 1.29. The molecule has 3 heterocycles. The van der Waals surface area contributed by atoms with Gasteiger partial charge in [0.2, 0.25) is 27.7 Å². The molecule has 3 amide bonds. The van der Waals surface area contributed by atoms with E-state index in [1.54, 1.807) is 0 Å². The molecule has 3 N–H and O–H groups in total. The molecule has 1 aliphatic heterocycles. The van der Waals surface area contributed by atoms with Gasteiger partial charge in [-0.25, -0.2) is 18.4 Å². The molecule has 0 bridgehead atoms. The largest absolute Gasteiger partial charge is 0.471 e. The standard InChI is InChI=1S/C40H52N6O7S2/c1-6-8-9-10-11-17-31(44-52-25-39(3,4)5)37(48)46-24-27(53-36-34(33-18-14-21-54-33)41-29-15-12-13-16-30(29)42-36)22-32(46)35(47)43-40(23-26(40)7-2)38(49)45-55(50,51)28-19-20-28/h6-7,12-16,18,21,26-28,31-32,44H,1-2,8-11,17,19-20,22-25H2,3-5H3,(H,43,47)(H,45,49)/t26-,27-,31+,32+,40-/m1/s1. The fourth-order valence-electron chi connectivity index (χ4n) is 6.80. The van der Waals surface area contributed by atoms with Crippen LogP contribution in [-0.4, -0.2) is 83.1 Å². The molecule has 296 valence electrons. The van der Waals surface area contributed by atoms with Gasteiger partial charge in [0.15, 0.2) is 0 Å². The fourth-order valence-corrected chi connectivity index (χ4v) is 8.87. The molecule has 15 heteroatoms. The van der Waals surface area contributed by atoms with Crippen LogP contribution in [-0.2, 0) is 29.2 Å². The second-order valence-corrected chi connectivity index (χ2v) is 18.9. The summed E-state index contributed by atoms with van der Waals surface area (Å²) in [5, 5.41) is 4.18. The Labute approximate surface area is 327 Å². The number of likely N-dealkylation sites (tertiary alicyclic amines) is 1. The van der Waals surface area contributed by atoms with Crippen LogP contribution >= 0.6 is 11.3 Å². The van der Waals surface area contributed by atoms with Gasteiger partial charge in [-0.05, 0) is 67.5 Å². The Morgan fingerprint density at radius 3 is 2.45 bits per heavy atom. The Morgan fingerprint density at radius 1 is 1.07 bits per heavy atom. The van der Waals surface area contributed by atoms with E-state index in [0.717, 1.165) is 30.6 Å². The molecule has 2 aliphatic carbocycles. The molecule has 0 radical (unpaired) electrons. The molecule has 2 aromatic heterocycles. The number of rotatable bonds is 19. The number of carbonyl (C=O) groups is 3. The van der Waals surface area contributed by atoms with E-state index in [1.807, 2.05) is 68.6 Å². The van der Waals surface area contributed by atoms with Crippen molar-refractivity contribution < 1.29 is 32.4 Å². The fraction of sp³-hybridized carbons (Fsp3) is 0.525. The Hall–Kier alpha value is -4.18. The minimum Gasteiger partial charge on any atom is -0.471 e. The summed E-state index contributed by atoms with van der Waals surface area (Å²) in [5.41, 5.74) is 3.20. The van der Waals surface area contributed by atoms with Gasteiger partial charge >= 0.3 is 0 Å². The second kappa shape index (κ2) is 16.9. The van der Waals surface area contributed by atoms with Crippen LogP contribution in [0.15, 0.2) is 67.1 Å². The van der Waals surface area contributed by atoms with E-state index in [1.165, 1.54) is 22.3 Å². The van der Waals surface area contributed by atoms with Gasteiger partial charge in [0.1, 0.15) is 29.4 Å². The van der Waals surface area contributed by atoms with Crippen molar-refractivity contribution in [2.75, 3.05) is 13.2 Å². The number of para-hydroxylation sites is 2. The topological polar surface area (TPSA) is 169 Å². The number of hydrogen-bond donors (Lipinski definition) is 3. The minimum atomic E-state index is -3.88. The van der Waals surface area contributed by atoms with Gasteiger partial charge in [0.25, 0.3) is 5.91 Å². The Kier molecular flexibility index (Phi) is 12.4. The number of hydrogen-bond acceptors (Lipinski definition) is 11. The number of carbonyl (C=O) groups excluding carboxylic acids is 3. The number of benzene rings is 1. The van der Waals surface area contributed by atoms with Crippen LogP contribution in [0.3, 0.4) is 0 Å². The van der Waals surface area contributed by atoms with Crippen molar-refractivity contribution in [1.29, 1.82) is 0 Å². The molecule has 55 heavy (non-hydrogen) atoms. The van der Waals surface area contributed by atoms with E-state index in [0.29, 0.717) is 42.6 Å². The molecule has 1 aromatic carbocycles. The van der Waals surface area contributed by atoms with E-state index in [4.69, 9.17) is 19.5 Å². The molecule has 2 saturated carbocycles. The smallest absolute Gasteiger partial charge is 0.259 e. The van der Waals surface area contributed by atoms with E-state index in [2.05, 4.69) is 28.7 Å². The van der Waals surface area contributed by atoms with Crippen LogP contribution in [0.5, 0.6) is 5.88 Å². The van der Waals surface area contributed by atoms with Crippen LogP contribution in [0.4, 0.5) is 0 Å². The quantitative estimate of drug-likeness (QED) is 0.0807. The highest BCUT2D eigenvalue weighted by atomic mass is 32.2. The first-order chi connectivity index (χ1) is 26.2. The molecule has 0 unspecified atom stereocenters. The molecule has 5 atom stereocenters. The SMILES string of the molecule is C=CCCCCC[C@H](NOCC(C)(C)C)C(=O)N1C[C@H](Oc2nc3ccccc3nc2-c2cccs2)C[C@H]1C(=O)N[C@]1(C(=O)NS(=O)(=O)C2CC2)C[C@H]1C=C. The lowest BCUT2D eigenvalue weighted by atomic mass is 9.99. The van der Waals surface area contributed by atoms with Crippen LogP contribution < -0.4 is 20.3 Å². The summed E-state index contributed by atoms with van der Waals surface area (Å²) in [4.78, 5) is 60.5. The number of amides is 3. The highest BCUT2D eigenvalue weighted by molar-refractivity contribution is 7.91. The summed E-state index contributed by atoms with van der Waals surface area (Å²) >= 11 is 1.49. The molecule has 1 saturated heterocycles. The van der Waals surface area contributed by atoms with Crippen molar-refractivity contribution in [3.8, 4) is 16.5 Å². The zero-order valence-electron chi connectivity index (χ0n) is 31.8. The van der Waals surface area contributed by atoms with Crippen molar-refractivity contribution >= 4 is 50.1 Å². The predicted molar refractivity (Wildman–Crippen MR) is 212 cm³/mol. The van der Waals surface area contributed by atoms with Crippen LogP contribution in [0.1, 0.15) is 78.6 Å². The lowest BCUT2D eigenvalue weighted by Crippen LogP contribution is -2.58. The number of nitrogens with one attached hydrogen (secondary N) is 3. The second-order valence-electron chi connectivity index (χ2n) is 16.0. The summed E-state index contributed by atoms with van der Waals surface area (Å²) < 4.78 is 34.3. The van der Waals surface area contributed by atoms with Crippen LogP contribution in [0.2, 0.25) is 0 Å². The van der Waals surface area contributed by atoms with Gasteiger partial charge in [-0.2, -0.15) is 5.48 Å². The van der Waals surface area contributed by atoms with E-state index in [9.17, 15) is 22.8 Å². The lowest BCUT2D eigenvalue weighted by Gasteiger charge is -2.30. The maximum Gasteiger partial charge on any atom is 0.259 e. The van der Waals surface area contributed by atoms with E-state index >= 15 is 0 Å². The number of thiophene rings is 1. The molecular weight excluding hydrogens is 741 g/mol. The van der Waals surface area contributed by atoms with Crippen molar-refractivity contribution in [1.82, 2.24) is 30.4 Å². The molecule has 13 nitrogen and oxygen atoms in total. The summed E-state index contributed by atoms with van der Waals surface area (Å²) in [7, 11) is -3.88. The molecule has 3 aromatic rings. The molecule has 0 spiro atoms. The summed E-state index contributed by atoms with van der Waals surface area (Å²) in [6.07, 6.45) is 7.83. The van der Waals surface area contributed by atoms with Gasteiger partial charge in [-0.3, -0.25) is 19.1 Å².